The third-order valence-corrected chi connectivity index (χ3v) is 5.27. The lowest BCUT2D eigenvalue weighted by Crippen LogP contribution is -2.21. The van der Waals surface area contributed by atoms with Crippen molar-refractivity contribution in [2.24, 2.45) is 11.8 Å². The molecule has 7 heteroatoms. The standard InChI is InChI=1S/C21H26O7/c1-25-17-7-12(4-5-16(17)23)6-14-11-28-21(15(14)10-22)13-8-18(26-2)20(24)19(9-13)27-3/h4-5,7-9,14-15,21-24H,6,10-11H2,1-3H3/t14-,15-,21+/m0/s1. The topological polar surface area (TPSA) is 97.6 Å². The summed E-state index contributed by atoms with van der Waals surface area (Å²) in [6.07, 6.45) is 0.322. The lowest BCUT2D eigenvalue weighted by molar-refractivity contribution is 0.0715. The molecule has 28 heavy (non-hydrogen) atoms. The maximum absolute atomic E-state index is 10.1. The number of hydrogen-bond acceptors (Lipinski definition) is 7. The third kappa shape index (κ3) is 3.81. The molecule has 2 aromatic rings. The Hall–Kier alpha value is -2.64. The molecule has 0 amide bonds. The van der Waals surface area contributed by atoms with Gasteiger partial charge in [-0.2, -0.15) is 0 Å². The highest BCUT2D eigenvalue weighted by atomic mass is 16.5. The van der Waals surface area contributed by atoms with Crippen LogP contribution in [0.15, 0.2) is 30.3 Å². The largest absolute Gasteiger partial charge is 0.504 e. The predicted octanol–water partition coefficient (Wildman–Crippen LogP) is 2.66. The summed E-state index contributed by atoms with van der Waals surface area (Å²) in [6.45, 7) is 0.431. The number of aromatic hydroxyl groups is 2. The van der Waals surface area contributed by atoms with Crippen LogP contribution in [0.3, 0.4) is 0 Å². The van der Waals surface area contributed by atoms with Crippen LogP contribution < -0.4 is 14.2 Å². The first-order valence-electron chi connectivity index (χ1n) is 9.05. The molecule has 7 nitrogen and oxygen atoms in total. The quantitative estimate of drug-likeness (QED) is 0.669. The molecule has 0 radical (unpaired) electrons. The molecule has 0 aromatic heterocycles. The minimum atomic E-state index is -0.350. The Morgan fingerprint density at radius 1 is 0.964 bits per heavy atom. The Kier molecular flexibility index (Phi) is 6.16. The molecule has 3 N–H and O–H groups in total. The number of phenols is 2. The number of methoxy groups -OCH3 is 3. The van der Waals surface area contributed by atoms with Crippen LogP contribution in [-0.4, -0.2) is 49.9 Å². The molecule has 1 fully saturated rings. The normalized spacial score (nSPS) is 21.5. The van der Waals surface area contributed by atoms with Crippen molar-refractivity contribution in [3.8, 4) is 28.7 Å². The van der Waals surface area contributed by atoms with E-state index in [1.54, 1.807) is 24.3 Å². The van der Waals surface area contributed by atoms with Crippen molar-refractivity contribution in [2.45, 2.75) is 12.5 Å². The fraction of sp³-hybridized carbons (Fsp3) is 0.429. The van der Waals surface area contributed by atoms with Gasteiger partial charge >= 0.3 is 0 Å². The van der Waals surface area contributed by atoms with E-state index < -0.39 is 0 Å². The number of phenolic OH excluding ortho intramolecular Hbond substituents is 2. The molecule has 1 aliphatic rings. The smallest absolute Gasteiger partial charge is 0.200 e. The monoisotopic (exact) mass is 390 g/mol. The van der Waals surface area contributed by atoms with E-state index in [9.17, 15) is 15.3 Å². The Morgan fingerprint density at radius 2 is 1.61 bits per heavy atom. The lowest BCUT2D eigenvalue weighted by atomic mass is 9.84. The molecule has 1 saturated heterocycles. The molecule has 0 unspecified atom stereocenters. The summed E-state index contributed by atoms with van der Waals surface area (Å²) in [6, 6.07) is 8.65. The molecule has 152 valence electrons. The van der Waals surface area contributed by atoms with E-state index in [0.29, 0.717) is 30.3 Å². The van der Waals surface area contributed by atoms with Crippen LogP contribution in [0.5, 0.6) is 28.7 Å². The van der Waals surface area contributed by atoms with Gasteiger partial charge in [0.2, 0.25) is 5.75 Å². The fourth-order valence-corrected chi connectivity index (χ4v) is 3.75. The van der Waals surface area contributed by atoms with E-state index in [-0.39, 0.29) is 36.0 Å². The van der Waals surface area contributed by atoms with Gasteiger partial charge in [0, 0.05) is 12.5 Å². The minimum Gasteiger partial charge on any atom is -0.504 e. The van der Waals surface area contributed by atoms with Crippen molar-refractivity contribution < 1.29 is 34.3 Å². The van der Waals surface area contributed by atoms with Gasteiger partial charge in [0.05, 0.1) is 34.0 Å². The Bertz CT molecular complexity index is 795. The van der Waals surface area contributed by atoms with Crippen LogP contribution in [0.2, 0.25) is 0 Å². The van der Waals surface area contributed by atoms with Gasteiger partial charge in [0.15, 0.2) is 23.0 Å². The maximum Gasteiger partial charge on any atom is 0.200 e. The van der Waals surface area contributed by atoms with E-state index >= 15 is 0 Å². The number of hydrogen-bond donors (Lipinski definition) is 3. The average molecular weight is 390 g/mol. The number of aliphatic hydroxyl groups is 1. The zero-order chi connectivity index (χ0) is 20.3. The molecule has 0 aliphatic carbocycles. The molecule has 2 aromatic carbocycles. The molecule has 3 rings (SSSR count). The summed E-state index contributed by atoms with van der Waals surface area (Å²) < 4.78 is 21.6. The summed E-state index contributed by atoms with van der Waals surface area (Å²) >= 11 is 0. The number of benzene rings is 2. The van der Waals surface area contributed by atoms with Crippen LogP contribution in [-0.2, 0) is 11.2 Å². The number of aliphatic hydroxyl groups excluding tert-OH is 1. The van der Waals surface area contributed by atoms with E-state index in [4.69, 9.17) is 18.9 Å². The minimum absolute atomic E-state index is 0.0456. The van der Waals surface area contributed by atoms with E-state index in [2.05, 4.69) is 0 Å². The third-order valence-electron chi connectivity index (χ3n) is 5.27. The average Bonchev–Trinajstić information content (AvgIpc) is 3.12. The lowest BCUT2D eigenvalue weighted by Gasteiger charge is -2.22. The maximum atomic E-state index is 10.1. The van der Waals surface area contributed by atoms with Crippen LogP contribution >= 0.6 is 0 Å². The van der Waals surface area contributed by atoms with Gasteiger partial charge < -0.3 is 34.3 Å². The first-order chi connectivity index (χ1) is 13.5. The molecule has 1 aliphatic heterocycles. The summed E-state index contributed by atoms with van der Waals surface area (Å²) in [5.74, 6) is 0.965. The highest BCUT2D eigenvalue weighted by Gasteiger charge is 2.38. The number of rotatable bonds is 7. The SMILES string of the molecule is COc1cc(C[C@H]2CO[C@H](c3cc(OC)c(O)c(OC)c3)[C@H]2CO)ccc1O. The second kappa shape index (κ2) is 8.58. The molecular formula is C21H26O7. The second-order valence-corrected chi connectivity index (χ2v) is 6.84. The zero-order valence-corrected chi connectivity index (χ0v) is 16.2. The van der Waals surface area contributed by atoms with Crippen molar-refractivity contribution in [1.82, 2.24) is 0 Å². The van der Waals surface area contributed by atoms with Gasteiger partial charge in [0.1, 0.15) is 0 Å². The van der Waals surface area contributed by atoms with Crippen LogP contribution in [0.25, 0.3) is 0 Å². The summed E-state index contributed by atoms with van der Waals surface area (Å²) in [5.41, 5.74) is 1.76. The first kappa shape index (κ1) is 20.1. The van der Waals surface area contributed by atoms with Gasteiger partial charge in [-0.1, -0.05) is 6.07 Å². The highest BCUT2D eigenvalue weighted by molar-refractivity contribution is 5.53. The van der Waals surface area contributed by atoms with Crippen LogP contribution in [0.4, 0.5) is 0 Å². The Morgan fingerprint density at radius 3 is 2.18 bits per heavy atom. The van der Waals surface area contributed by atoms with Crippen molar-refractivity contribution in [1.29, 1.82) is 0 Å². The van der Waals surface area contributed by atoms with Crippen molar-refractivity contribution in [3.63, 3.8) is 0 Å². The summed E-state index contributed by atoms with van der Waals surface area (Å²) in [5, 5.41) is 29.9. The van der Waals surface area contributed by atoms with Gasteiger partial charge in [-0.05, 0) is 47.7 Å². The predicted molar refractivity (Wildman–Crippen MR) is 102 cm³/mol. The first-order valence-corrected chi connectivity index (χ1v) is 9.05. The Labute approximate surface area is 164 Å². The van der Waals surface area contributed by atoms with Crippen molar-refractivity contribution >= 4 is 0 Å². The zero-order valence-electron chi connectivity index (χ0n) is 16.2. The Balaban J connectivity index is 1.84. The van der Waals surface area contributed by atoms with Gasteiger partial charge in [-0.15, -0.1) is 0 Å². The van der Waals surface area contributed by atoms with Crippen LogP contribution in [0.1, 0.15) is 17.2 Å². The highest BCUT2D eigenvalue weighted by Crippen LogP contribution is 2.45. The van der Waals surface area contributed by atoms with Crippen LogP contribution in [0, 0.1) is 11.8 Å². The van der Waals surface area contributed by atoms with E-state index in [0.717, 1.165) is 11.1 Å². The van der Waals surface area contributed by atoms with E-state index in [1.807, 2.05) is 6.07 Å². The summed E-state index contributed by atoms with van der Waals surface area (Å²) in [7, 11) is 4.45. The number of ether oxygens (including phenoxy) is 4. The molecule has 0 saturated carbocycles. The molecule has 0 spiro atoms. The fourth-order valence-electron chi connectivity index (χ4n) is 3.75. The van der Waals surface area contributed by atoms with E-state index in [1.165, 1.54) is 21.3 Å². The van der Waals surface area contributed by atoms with Gasteiger partial charge in [-0.3, -0.25) is 0 Å². The second-order valence-electron chi connectivity index (χ2n) is 6.84. The molecule has 1 heterocycles. The molecule has 3 atom stereocenters. The van der Waals surface area contributed by atoms with Gasteiger partial charge in [0.25, 0.3) is 0 Å². The molecular weight excluding hydrogens is 364 g/mol. The van der Waals surface area contributed by atoms with Crippen molar-refractivity contribution in [2.75, 3.05) is 34.5 Å². The van der Waals surface area contributed by atoms with Crippen molar-refractivity contribution in [3.05, 3.63) is 41.5 Å². The molecule has 0 bridgehead atoms. The summed E-state index contributed by atoms with van der Waals surface area (Å²) in [4.78, 5) is 0. The van der Waals surface area contributed by atoms with Gasteiger partial charge in [-0.25, -0.2) is 0 Å².